The molecular weight excluding hydrogens is 186 g/mol. The molecule has 1 fully saturated rings. The van der Waals surface area contributed by atoms with Gasteiger partial charge in [0.25, 0.3) is 0 Å². The number of rotatable bonds is 4. The van der Waals surface area contributed by atoms with Crippen LogP contribution in [0.15, 0.2) is 24.4 Å². The van der Waals surface area contributed by atoms with Crippen molar-refractivity contribution in [2.75, 3.05) is 19.6 Å². The molecule has 1 aromatic heterocycles. The van der Waals surface area contributed by atoms with Gasteiger partial charge in [0.15, 0.2) is 0 Å². The van der Waals surface area contributed by atoms with Crippen LogP contribution in [0, 0.1) is 0 Å². The van der Waals surface area contributed by atoms with Crippen LogP contribution in [0.2, 0.25) is 0 Å². The van der Waals surface area contributed by atoms with Crippen molar-refractivity contribution < 1.29 is 0 Å². The van der Waals surface area contributed by atoms with Crippen LogP contribution < -0.4 is 5.73 Å². The molecule has 0 aliphatic carbocycles. The van der Waals surface area contributed by atoms with Crippen LogP contribution in [0.1, 0.15) is 18.5 Å². The lowest BCUT2D eigenvalue weighted by Gasteiger charge is -2.19. The molecule has 0 bridgehead atoms. The van der Waals surface area contributed by atoms with E-state index in [0.717, 1.165) is 18.7 Å². The van der Waals surface area contributed by atoms with Crippen molar-refractivity contribution in [1.29, 1.82) is 0 Å². The van der Waals surface area contributed by atoms with Gasteiger partial charge in [0.05, 0.1) is 0 Å². The quantitative estimate of drug-likeness (QED) is 0.799. The number of likely N-dealkylation sites (tertiary alicyclic amines) is 1. The van der Waals surface area contributed by atoms with Crippen molar-refractivity contribution in [3.63, 3.8) is 0 Å². The third-order valence-electron chi connectivity index (χ3n) is 2.89. The first kappa shape index (κ1) is 10.6. The van der Waals surface area contributed by atoms with Crippen LogP contribution in [0.25, 0.3) is 0 Å². The van der Waals surface area contributed by atoms with Gasteiger partial charge in [-0.1, -0.05) is 6.07 Å². The minimum absolute atomic E-state index is 0.220. The van der Waals surface area contributed by atoms with Gasteiger partial charge in [-0.05, 0) is 38.1 Å². The Morgan fingerprint density at radius 2 is 2.13 bits per heavy atom. The summed E-state index contributed by atoms with van der Waals surface area (Å²) in [6.45, 7) is 3.45. The van der Waals surface area contributed by atoms with E-state index in [4.69, 9.17) is 5.73 Å². The molecule has 1 aliphatic rings. The normalized spacial score (nSPS) is 19.3. The predicted molar refractivity (Wildman–Crippen MR) is 61.6 cm³/mol. The Labute approximate surface area is 91.3 Å². The summed E-state index contributed by atoms with van der Waals surface area (Å²) in [5.41, 5.74) is 7.20. The number of aromatic nitrogens is 1. The molecular formula is C12H19N3. The zero-order valence-corrected chi connectivity index (χ0v) is 9.10. The van der Waals surface area contributed by atoms with Gasteiger partial charge in [-0.25, -0.2) is 0 Å². The van der Waals surface area contributed by atoms with Crippen molar-refractivity contribution in [3.8, 4) is 0 Å². The second kappa shape index (κ2) is 5.24. The number of hydrogen-bond acceptors (Lipinski definition) is 3. The van der Waals surface area contributed by atoms with Crippen LogP contribution >= 0.6 is 0 Å². The van der Waals surface area contributed by atoms with Gasteiger partial charge < -0.3 is 10.6 Å². The minimum Gasteiger partial charge on any atom is -0.326 e. The molecule has 2 rings (SSSR count). The number of nitrogens with zero attached hydrogens (tertiary/aromatic N) is 2. The van der Waals surface area contributed by atoms with E-state index < -0.39 is 0 Å². The van der Waals surface area contributed by atoms with Gasteiger partial charge >= 0.3 is 0 Å². The Kier molecular flexibility index (Phi) is 3.69. The van der Waals surface area contributed by atoms with Crippen molar-refractivity contribution in [2.24, 2.45) is 5.73 Å². The first-order chi connectivity index (χ1) is 7.34. The maximum atomic E-state index is 6.10. The monoisotopic (exact) mass is 205 g/mol. The summed E-state index contributed by atoms with van der Waals surface area (Å²) >= 11 is 0. The smallest absolute Gasteiger partial charge is 0.0419 e. The lowest BCUT2D eigenvalue weighted by Crippen LogP contribution is -2.37. The van der Waals surface area contributed by atoms with Crippen LogP contribution in [-0.4, -0.2) is 35.6 Å². The first-order valence-electron chi connectivity index (χ1n) is 5.72. The molecule has 0 radical (unpaired) electrons. The van der Waals surface area contributed by atoms with Crippen molar-refractivity contribution >= 4 is 0 Å². The topological polar surface area (TPSA) is 42.1 Å². The van der Waals surface area contributed by atoms with E-state index in [1.165, 1.54) is 25.9 Å². The lowest BCUT2D eigenvalue weighted by molar-refractivity contribution is 0.312. The molecule has 1 atom stereocenters. The molecule has 3 nitrogen and oxygen atoms in total. The van der Waals surface area contributed by atoms with E-state index in [0.29, 0.717) is 0 Å². The average Bonchev–Trinajstić information content (AvgIpc) is 2.71. The zero-order chi connectivity index (χ0) is 10.5. The van der Waals surface area contributed by atoms with Crippen molar-refractivity contribution in [1.82, 2.24) is 9.88 Å². The summed E-state index contributed by atoms with van der Waals surface area (Å²) in [5, 5.41) is 0. The fourth-order valence-electron chi connectivity index (χ4n) is 2.15. The standard InChI is InChI=1S/C12H19N3/c13-11(10-15-7-3-4-8-15)9-12-5-1-2-6-14-12/h1-2,5-6,11H,3-4,7-10,13H2/t11-/m1/s1. The third-order valence-corrected chi connectivity index (χ3v) is 2.89. The molecule has 1 aromatic rings. The molecule has 1 saturated heterocycles. The molecule has 15 heavy (non-hydrogen) atoms. The Morgan fingerprint density at radius 3 is 2.80 bits per heavy atom. The lowest BCUT2D eigenvalue weighted by atomic mass is 10.1. The highest BCUT2D eigenvalue weighted by Gasteiger charge is 2.15. The van der Waals surface area contributed by atoms with Crippen LogP contribution in [0.3, 0.4) is 0 Å². The van der Waals surface area contributed by atoms with Crippen LogP contribution in [0.5, 0.6) is 0 Å². The summed E-state index contributed by atoms with van der Waals surface area (Å²) in [6.07, 6.45) is 5.38. The predicted octanol–water partition coefficient (Wildman–Crippen LogP) is 1.05. The zero-order valence-electron chi connectivity index (χ0n) is 9.10. The van der Waals surface area contributed by atoms with Gasteiger partial charge in [0.1, 0.15) is 0 Å². The first-order valence-corrected chi connectivity index (χ1v) is 5.72. The van der Waals surface area contributed by atoms with E-state index in [1.807, 2.05) is 24.4 Å². The van der Waals surface area contributed by atoms with Gasteiger partial charge in [-0.15, -0.1) is 0 Å². The molecule has 0 aromatic carbocycles. The number of hydrogen-bond donors (Lipinski definition) is 1. The SMILES string of the molecule is N[C@H](Cc1ccccn1)CN1CCCC1. The summed E-state index contributed by atoms with van der Waals surface area (Å²) < 4.78 is 0. The highest BCUT2D eigenvalue weighted by molar-refractivity contribution is 5.05. The van der Waals surface area contributed by atoms with E-state index in [1.54, 1.807) is 0 Å². The minimum atomic E-state index is 0.220. The fourth-order valence-corrected chi connectivity index (χ4v) is 2.15. The Balaban J connectivity index is 1.79. The second-order valence-corrected chi connectivity index (χ2v) is 4.29. The molecule has 0 unspecified atom stereocenters. The molecule has 0 saturated carbocycles. The van der Waals surface area contributed by atoms with E-state index >= 15 is 0 Å². The summed E-state index contributed by atoms with van der Waals surface area (Å²) in [6, 6.07) is 6.22. The fraction of sp³-hybridized carbons (Fsp3) is 0.583. The maximum absolute atomic E-state index is 6.10. The van der Waals surface area contributed by atoms with Crippen LogP contribution in [0.4, 0.5) is 0 Å². The summed E-state index contributed by atoms with van der Waals surface area (Å²) in [5.74, 6) is 0. The highest BCUT2D eigenvalue weighted by Crippen LogP contribution is 2.08. The highest BCUT2D eigenvalue weighted by atomic mass is 15.1. The van der Waals surface area contributed by atoms with Gasteiger partial charge in [0, 0.05) is 30.9 Å². The second-order valence-electron chi connectivity index (χ2n) is 4.29. The maximum Gasteiger partial charge on any atom is 0.0419 e. The molecule has 0 spiro atoms. The molecule has 2 N–H and O–H groups in total. The van der Waals surface area contributed by atoms with E-state index in [9.17, 15) is 0 Å². The third kappa shape index (κ3) is 3.29. The van der Waals surface area contributed by atoms with Gasteiger partial charge in [-0.3, -0.25) is 4.98 Å². The van der Waals surface area contributed by atoms with Gasteiger partial charge in [0.2, 0.25) is 0 Å². The molecule has 82 valence electrons. The Hall–Kier alpha value is -0.930. The molecule has 3 heteroatoms. The van der Waals surface area contributed by atoms with E-state index in [2.05, 4.69) is 9.88 Å². The average molecular weight is 205 g/mol. The van der Waals surface area contributed by atoms with Gasteiger partial charge in [-0.2, -0.15) is 0 Å². The summed E-state index contributed by atoms with van der Waals surface area (Å²) in [4.78, 5) is 6.75. The molecule has 0 amide bonds. The number of pyridine rings is 1. The van der Waals surface area contributed by atoms with E-state index in [-0.39, 0.29) is 6.04 Å². The van der Waals surface area contributed by atoms with Crippen molar-refractivity contribution in [2.45, 2.75) is 25.3 Å². The number of nitrogens with two attached hydrogens (primary N) is 1. The molecule has 2 heterocycles. The van der Waals surface area contributed by atoms with Crippen molar-refractivity contribution in [3.05, 3.63) is 30.1 Å². The molecule has 1 aliphatic heterocycles. The Morgan fingerprint density at radius 1 is 1.33 bits per heavy atom. The summed E-state index contributed by atoms with van der Waals surface area (Å²) in [7, 11) is 0. The Bertz CT molecular complexity index is 280. The van der Waals surface area contributed by atoms with Crippen LogP contribution in [-0.2, 0) is 6.42 Å². The largest absolute Gasteiger partial charge is 0.326 e.